The number of halogens is 1. The van der Waals surface area contributed by atoms with Crippen molar-refractivity contribution < 1.29 is 9.66 Å². The quantitative estimate of drug-likeness (QED) is 0.447. The van der Waals surface area contributed by atoms with Gasteiger partial charge in [0.15, 0.2) is 0 Å². The molecule has 2 aromatic rings. The van der Waals surface area contributed by atoms with Crippen LogP contribution in [0.4, 0.5) is 5.69 Å². The SMILES string of the molecule is Cc1ccc(CN(Cc2cccc([N+](=O)[O-])c2C)CC2CCCO2)c(Br)c1. The van der Waals surface area contributed by atoms with Crippen molar-refractivity contribution in [1.29, 1.82) is 0 Å². The summed E-state index contributed by atoms with van der Waals surface area (Å²) in [6, 6.07) is 11.7. The monoisotopic (exact) mass is 432 g/mol. The standard InChI is InChI=1S/C21H25BrN2O3/c1-15-8-9-18(20(22)11-15)13-23(14-19-6-4-10-27-19)12-17-5-3-7-21(16(17)2)24(25)26/h3,5,7-9,11,19H,4,6,10,12-14H2,1-2H3. The van der Waals surface area contributed by atoms with Crippen LogP contribution < -0.4 is 0 Å². The van der Waals surface area contributed by atoms with Crippen LogP contribution in [0, 0.1) is 24.0 Å². The first-order valence-corrected chi connectivity index (χ1v) is 10.0. The van der Waals surface area contributed by atoms with Gasteiger partial charge in [0.05, 0.1) is 11.0 Å². The Hall–Kier alpha value is -1.76. The van der Waals surface area contributed by atoms with Crippen LogP contribution in [0.3, 0.4) is 0 Å². The highest BCUT2D eigenvalue weighted by Crippen LogP contribution is 2.26. The molecule has 1 fully saturated rings. The van der Waals surface area contributed by atoms with E-state index in [0.29, 0.717) is 6.54 Å². The third kappa shape index (κ3) is 5.15. The summed E-state index contributed by atoms with van der Waals surface area (Å²) < 4.78 is 6.93. The van der Waals surface area contributed by atoms with E-state index in [-0.39, 0.29) is 16.7 Å². The molecule has 1 aliphatic rings. The molecular weight excluding hydrogens is 408 g/mol. The molecule has 0 bridgehead atoms. The lowest BCUT2D eigenvalue weighted by Crippen LogP contribution is -2.32. The van der Waals surface area contributed by atoms with E-state index in [1.54, 1.807) is 12.1 Å². The second kappa shape index (κ2) is 8.95. The number of nitro benzene ring substituents is 1. The maximum atomic E-state index is 11.3. The molecule has 0 N–H and O–H groups in total. The Morgan fingerprint density at radius 1 is 1.22 bits per heavy atom. The minimum absolute atomic E-state index is 0.182. The van der Waals surface area contributed by atoms with Crippen LogP contribution in [0.25, 0.3) is 0 Å². The number of rotatable bonds is 7. The molecule has 1 atom stereocenters. The third-order valence-electron chi connectivity index (χ3n) is 5.10. The van der Waals surface area contributed by atoms with Crippen molar-refractivity contribution in [2.75, 3.05) is 13.2 Å². The van der Waals surface area contributed by atoms with Crippen LogP contribution in [-0.4, -0.2) is 29.1 Å². The molecule has 1 unspecified atom stereocenters. The van der Waals surface area contributed by atoms with E-state index in [4.69, 9.17) is 4.74 Å². The lowest BCUT2D eigenvalue weighted by molar-refractivity contribution is -0.385. The summed E-state index contributed by atoms with van der Waals surface area (Å²) in [5.74, 6) is 0. The maximum Gasteiger partial charge on any atom is 0.272 e. The first kappa shape index (κ1) is 20.0. The highest BCUT2D eigenvalue weighted by molar-refractivity contribution is 9.10. The fourth-order valence-electron chi connectivity index (χ4n) is 3.56. The van der Waals surface area contributed by atoms with Gasteiger partial charge >= 0.3 is 0 Å². The summed E-state index contributed by atoms with van der Waals surface area (Å²) in [6.45, 7) is 6.98. The summed E-state index contributed by atoms with van der Waals surface area (Å²) in [5, 5.41) is 11.3. The number of aryl methyl sites for hydroxylation is 1. The molecule has 144 valence electrons. The summed E-state index contributed by atoms with van der Waals surface area (Å²) in [4.78, 5) is 13.3. The smallest absolute Gasteiger partial charge is 0.272 e. The molecular formula is C21H25BrN2O3. The molecule has 0 aromatic heterocycles. The predicted octanol–water partition coefficient (Wildman–Crippen LogP) is 5.16. The van der Waals surface area contributed by atoms with Crippen LogP contribution in [0.1, 0.15) is 35.1 Å². The number of hydrogen-bond donors (Lipinski definition) is 0. The Labute approximate surface area is 168 Å². The van der Waals surface area contributed by atoms with E-state index in [9.17, 15) is 10.1 Å². The number of benzene rings is 2. The first-order valence-electron chi connectivity index (χ1n) is 9.26. The number of nitro groups is 1. The second-order valence-electron chi connectivity index (χ2n) is 7.22. The van der Waals surface area contributed by atoms with E-state index in [0.717, 1.165) is 48.1 Å². The van der Waals surface area contributed by atoms with Gasteiger partial charge in [-0.05, 0) is 49.4 Å². The number of hydrogen-bond acceptors (Lipinski definition) is 4. The molecule has 0 radical (unpaired) electrons. The number of nitrogens with zero attached hydrogens (tertiary/aromatic N) is 2. The normalized spacial score (nSPS) is 16.8. The van der Waals surface area contributed by atoms with E-state index < -0.39 is 0 Å². The first-order chi connectivity index (χ1) is 12.9. The lowest BCUT2D eigenvalue weighted by atomic mass is 10.1. The van der Waals surface area contributed by atoms with Crippen molar-refractivity contribution in [2.45, 2.75) is 45.9 Å². The fraction of sp³-hybridized carbons (Fsp3) is 0.429. The Morgan fingerprint density at radius 3 is 2.67 bits per heavy atom. The molecule has 1 saturated heterocycles. The molecule has 0 aliphatic carbocycles. The van der Waals surface area contributed by atoms with Crippen LogP contribution in [0.2, 0.25) is 0 Å². The Balaban J connectivity index is 1.83. The molecule has 1 heterocycles. The van der Waals surface area contributed by atoms with Crippen LogP contribution in [0.15, 0.2) is 40.9 Å². The van der Waals surface area contributed by atoms with Crippen LogP contribution in [0.5, 0.6) is 0 Å². The molecule has 3 rings (SSSR count). The van der Waals surface area contributed by atoms with Gasteiger partial charge in [0.1, 0.15) is 0 Å². The van der Waals surface area contributed by atoms with Crippen molar-refractivity contribution in [3.05, 3.63) is 73.2 Å². The Kier molecular flexibility index (Phi) is 6.63. The average molecular weight is 433 g/mol. The van der Waals surface area contributed by atoms with Gasteiger partial charge in [0.25, 0.3) is 5.69 Å². The maximum absolute atomic E-state index is 11.3. The van der Waals surface area contributed by atoms with Crippen LogP contribution >= 0.6 is 15.9 Å². The molecule has 1 aliphatic heterocycles. The molecule has 0 saturated carbocycles. The lowest BCUT2D eigenvalue weighted by Gasteiger charge is -2.26. The highest BCUT2D eigenvalue weighted by Gasteiger charge is 2.22. The van der Waals surface area contributed by atoms with E-state index >= 15 is 0 Å². The van der Waals surface area contributed by atoms with Crippen LogP contribution in [-0.2, 0) is 17.8 Å². The minimum Gasteiger partial charge on any atom is -0.377 e. The summed E-state index contributed by atoms with van der Waals surface area (Å²) >= 11 is 3.67. The highest BCUT2D eigenvalue weighted by atomic mass is 79.9. The molecule has 6 heteroatoms. The zero-order valence-corrected chi connectivity index (χ0v) is 17.4. The minimum atomic E-state index is -0.306. The van der Waals surface area contributed by atoms with Crippen molar-refractivity contribution in [1.82, 2.24) is 4.90 Å². The Morgan fingerprint density at radius 2 is 2.00 bits per heavy atom. The predicted molar refractivity (Wildman–Crippen MR) is 110 cm³/mol. The van der Waals surface area contributed by atoms with Gasteiger partial charge in [-0.25, -0.2) is 0 Å². The summed E-state index contributed by atoms with van der Waals surface area (Å²) in [6.07, 6.45) is 2.40. The van der Waals surface area contributed by atoms with Crippen molar-refractivity contribution in [3.63, 3.8) is 0 Å². The second-order valence-corrected chi connectivity index (χ2v) is 8.07. The third-order valence-corrected chi connectivity index (χ3v) is 5.83. The zero-order chi connectivity index (χ0) is 19.4. The average Bonchev–Trinajstić information content (AvgIpc) is 3.12. The zero-order valence-electron chi connectivity index (χ0n) is 15.8. The van der Waals surface area contributed by atoms with Crippen molar-refractivity contribution in [2.24, 2.45) is 0 Å². The van der Waals surface area contributed by atoms with Gasteiger partial charge in [0, 0.05) is 42.3 Å². The van der Waals surface area contributed by atoms with E-state index in [1.807, 2.05) is 13.0 Å². The van der Waals surface area contributed by atoms with Gasteiger partial charge in [-0.1, -0.05) is 40.2 Å². The van der Waals surface area contributed by atoms with Gasteiger partial charge in [-0.15, -0.1) is 0 Å². The molecule has 0 amide bonds. The molecule has 0 spiro atoms. The molecule has 27 heavy (non-hydrogen) atoms. The summed E-state index contributed by atoms with van der Waals surface area (Å²) in [5.41, 5.74) is 4.34. The Bertz CT molecular complexity index is 819. The van der Waals surface area contributed by atoms with E-state index in [1.165, 1.54) is 11.1 Å². The van der Waals surface area contributed by atoms with Gasteiger partial charge < -0.3 is 4.74 Å². The topological polar surface area (TPSA) is 55.6 Å². The number of ether oxygens (including phenoxy) is 1. The largest absolute Gasteiger partial charge is 0.377 e. The van der Waals surface area contributed by atoms with E-state index in [2.05, 4.69) is 46.0 Å². The van der Waals surface area contributed by atoms with Gasteiger partial charge in [0.2, 0.25) is 0 Å². The molecule has 2 aromatic carbocycles. The van der Waals surface area contributed by atoms with Gasteiger partial charge in [-0.2, -0.15) is 0 Å². The molecule has 5 nitrogen and oxygen atoms in total. The van der Waals surface area contributed by atoms with Crippen molar-refractivity contribution in [3.8, 4) is 0 Å². The van der Waals surface area contributed by atoms with Gasteiger partial charge in [-0.3, -0.25) is 15.0 Å². The fourth-order valence-corrected chi connectivity index (χ4v) is 4.18. The summed E-state index contributed by atoms with van der Waals surface area (Å²) in [7, 11) is 0. The van der Waals surface area contributed by atoms with Crippen molar-refractivity contribution >= 4 is 21.6 Å².